The molecular formula is C19H23F2NO2. The lowest BCUT2D eigenvalue weighted by Crippen LogP contribution is -2.34. The quantitative estimate of drug-likeness (QED) is 0.692. The molecule has 3 nitrogen and oxygen atoms in total. The summed E-state index contributed by atoms with van der Waals surface area (Å²) in [6, 6.07) is 12.6. The molecule has 0 bridgehead atoms. The largest absolute Gasteiger partial charge is 0.385 e. The highest BCUT2D eigenvalue weighted by atomic mass is 19.1. The van der Waals surface area contributed by atoms with E-state index in [1.165, 1.54) is 12.1 Å². The van der Waals surface area contributed by atoms with E-state index in [9.17, 15) is 13.9 Å². The Morgan fingerprint density at radius 1 is 1.08 bits per heavy atom. The Kier molecular flexibility index (Phi) is 6.85. The molecule has 2 N–H and O–H groups in total. The van der Waals surface area contributed by atoms with E-state index in [1.54, 1.807) is 7.11 Å². The van der Waals surface area contributed by atoms with Gasteiger partial charge in [0.1, 0.15) is 11.6 Å². The Balaban J connectivity index is 2.16. The molecule has 2 aromatic rings. The molecule has 0 aliphatic carbocycles. The number of ether oxygens (including phenoxy) is 1. The molecule has 0 heterocycles. The van der Waals surface area contributed by atoms with E-state index in [-0.39, 0.29) is 6.42 Å². The molecule has 0 aliphatic heterocycles. The number of hydrogen-bond acceptors (Lipinski definition) is 3. The van der Waals surface area contributed by atoms with Crippen molar-refractivity contribution in [1.29, 1.82) is 0 Å². The molecule has 0 aromatic heterocycles. The van der Waals surface area contributed by atoms with E-state index >= 15 is 0 Å². The number of nitrogens with one attached hydrogen (secondary N) is 1. The third-order valence-electron chi connectivity index (χ3n) is 4.01. The van der Waals surface area contributed by atoms with Crippen LogP contribution in [0.25, 0.3) is 0 Å². The Hall–Kier alpha value is -1.82. The number of benzene rings is 2. The molecule has 2 rings (SSSR count). The Bertz CT molecular complexity index is 637. The Morgan fingerprint density at radius 3 is 2.50 bits per heavy atom. The predicted octanol–water partition coefficient (Wildman–Crippen LogP) is 3.02. The van der Waals surface area contributed by atoms with Gasteiger partial charge in [-0.3, -0.25) is 0 Å². The SMILES string of the molecule is COCCNCCC(O)(Cc1ccc(F)cc1F)c1ccccc1. The van der Waals surface area contributed by atoms with Gasteiger partial charge in [-0.1, -0.05) is 36.4 Å². The molecular weight excluding hydrogens is 312 g/mol. The minimum Gasteiger partial charge on any atom is -0.385 e. The van der Waals surface area contributed by atoms with Gasteiger partial charge < -0.3 is 15.2 Å². The molecule has 0 radical (unpaired) electrons. The highest BCUT2D eigenvalue weighted by Crippen LogP contribution is 2.30. The van der Waals surface area contributed by atoms with Gasteiger partial charge in [-0.25, -0.2) is 8.78 Å². The fraction of sp³-hybridized carbons (Fsp3) is 0.368. The summed E-state index contributed by atoms with van der Waals surface area (Å²) in [7, 11) is 1.62. The fourth-order valence-corrected chi connectivity index (χ4v) is 2.66. The van der Waals surface area contributed by atoms with Gasteiger partial charge in [0.15, 0.2) is 0 Å². The van der Waals surface area contributed by atoms with Gasteiger partial charge in [0.25, 0.3) is 0 Å². The van der Waals surface area contributed by atoms with Gasteiger partial charge in [-0.15, -0.1) is 0 Å². The normalized spacial score (nSPS) is 13.7. The number of aliphatic hydroxyl groups is 1. The summed E-state index contributed by atoms with van der Waals surface area (Å²) in [4.78, 5) is 0. The van der Waals surface area contributed by atoms with Crippen LogP contribution in [-0.2, 0) is 16.8 Å². The van der Waals surface area contributed by atoms with Crippen molar-refractivity contribution in [3.05, 3.63) is 71.3 Å². The van der Waals surface area contributed by atoms with Crippen molar-refractivity contribution < 1.29 is 18.6 Å². The van der Waals surface area contributed by atoms with E-state index in [1.807, 2.05) is 30.3 Å². The molecule has 0 saturated heterocycles. The van der Waals surface area contributed by atoms with Crippen molar-refractivity contribution in [1.82, 2.24) is 5.32 Å². The molecule has 2 aromatic carbocycles. The van der Waals surface area contributed by atoms with Crippen LogP contribution in [0.2, 0.25) is 0 Å². The smallest absolute Gasteiger partial charge is 0.129 e. The maximum Gasteiger partial charge on any atom is 0.129 e. The van der Waals surface area contributed by atoms with E-state index in [4.69, 9.17) is 4.74 Å². The summed E-state index contributed by atoms with van der Waals surface area (Å²) in [5, 5.41) is 14.3. The van der Waals surface area contributed by atoms with E-state index in [0.717, 1.165) is 6.07 Å². The highest BCUT2D eigenvalue weighted by Gasteiger charge is 2.30. The van der Waals surface area contributed by atoms with Crippen molar-refractivity contribution >= 4 is 0 Å². The summed E-state index contributed by atoms with van der Waals surface area (Å²) in [5.74, 6) is -1.27. The van der Waals surface area contributed by atoms with Crippen LogP contribution in [0.3, 0.4) is 0 Å². The summed E-state index contributed by atoms with van der Waals surface area (Å²) in [6.07, 6.45) is 0.479. The summed E-state index contributed by atoms with van der Waals surface area (Å²) in [6.45, 7) is 1.81. The fourth-order valence-electron chi connectivity index (χ4n) is 2.66. The monoisotopic (exact) mass is 335 g/mol. The summed E-state index contributed by atoms with van der Waals surface area (Å²) in [5.41, 5.74) is -0.234. The average molecular weight is 335 g/mol. The minimum absolute atomic E-state index is 0.0785. The van der Waals surface area contributed by atoms with Crippen LogP contribution >= 0.6 is 0 Å². The van der Waals surface area contributed by atoms with Crippen molar-refractivity contribution in [2.24, 2.45) is 0 Å². The molecule has 0 aliphatic rings. The molecule has 24 heavy (non-hydrogen) atoms. The zero-order chi connectivity index (χ0) is 17.4. The second-order valence-corrected chi connectivity index (χ2v) is 5.80. The third-order valence-corrected chi connectivity index (χ3v) is 4.01. The van der Waals surface area contributed by atoms with Gasteiger partial charge in [0.2, 0.25) is 0 Å². The number of hydrogen-bond donors (Lipinski definition) is 2. The second-order valence-electron chi connectivity index (χ2n) is 5.80. The first-order valence-electron chi connectivity index (χ1n) is 7.96. The van der Waals surface area contributed by atoms with Crippen LogP contribution in [0.15, 0.2) is 48.5 Å². The van der Waals surface area contributed by atoms with E-state index < -0.39 is 17.2 Å². The Labute approximate surface area is 141 Å². The number of halogens is 2. The van der Waals surface area contributed by atoms with Gasteiger partial charge in [-0.05, 0) is 30.2 Å². The first-order chi connectivity index (χ1) is 11.5. The van der Waals surface area contributed by atoms with E-state index in [0.29, 0.717) is 37.2 Å². The predicted molar refractivity (Wildman–Crippen MR) is 89.8 cm³/mol. The average Bonchev–Trinajstić information content (AvgIpc) is 2.58. The van der Waals surface area contributed by atoms with Crippen molar-refractivity contribution in [2.75, 3.05) is 26.8 Å². The second kappa shape index (κ2) is 8.87. The lowest BCUT2D eigenvalue weighted by molar-refractivity contribution is 0.0268. The van der Waals surface area contributed by atoms with Crippen molar-refractivity contribution in [2.45, 2.75) is 18.4 Å². The summed E-state index contributed by atoms with van der Waals surface area (Å²) >= 11 is 0. The lowest BCUT2D eigenvalue weighted by atomic mass is 9.84. The maximum atomic E-state index is 14.0. The van der Waals surface area contributed by atoms with Crippen LogP contribution in [0.5, 0.6) is 0 Å². The van der Waals surface area contributed by atoms with Gasteiger partial charge in [0.05, 0.1) is 12.2 Å². The van der Waals surface area contributed by atoms with Crippen LogP contribution in [0, 0.1) is 11.6 Å². The number of methoxy groups -OCH3 is 1. The first kappa shape index (κ1) is 18.5. The molecule has 0 saturated carbocycles. The third kappa shape index (κ3) is 5.09. The zero-order valence-electron chi connectivity index (χ0n) is 13.8. The molecule has 0 amide bonds. The van der Waals surface area contributed by atoms with Crippen LogP contribution < -0.4 is 5.32 Å². The molecule has 130 valence electrons. The van der Waals surface area contributed by atoms with Gasteiger partial charge >= 0.3 is 0 Å². The van der Waals surface area contributed by atoms with Crippen molar-refractivity contribution in [3.63, 3.8) is 0 Å². The van der Waals surface area contributed by atoms with Crippen LogP contribution in [0.4, 0.5) is 8.78 Å². The molecule has 0 fully saturated rings. The number of rotatable bonds is 9. The highest BCUT2D eigenvalue weighted by molar-refractivity contribution is 5.28. The van der Waals surface area contributed by atoms with Crippen LogP contribution in [-0.4, -0.2) is 31.9 Å². The maximum absolute atomic E-state index is 14.0. The first-order valence-corrected chi connectivity index (χ1v) is 7.96. The standard InChI is InChI=1S/C19H23F2NO2/c1-24-12-11-22-10-9-19(23,16-5-3-2-4-6-16)14-15-7-8-17(20)13-18(15)21/h2-8,13,22-23H,9-12,14H2,1H3. The zero-order valence-corrected chi connectivity index (χ0v) is 13.8. The lowest BCUT2D eigenvalue weighted by Gasteiger charge is -2.29. The van der Waals surface area contributed by atoms with Crippen molar-refractivity contribution in [3.8, 4) is 0 Å². The van der Waals surface area contributed by atoms with E-state index in [2.05, 4.69) is 5.32 Å². The van der Waals surface area contributed by atoms with Gasteiger partial charge in [-0.2, -0.15) is 0 Å². The summed E-state index contributed by atoms with van der Waals surface area (Å²) < 4.78 is 32.1. The molecule has 5 heteroatoms. The van der Waals surface area contributed by atoms with Crippen LogP contribution in [0.1, 0.15) is 17.5 Å². The molecule has 1 unspecified atom stereocenters. The Morgan fingerprint density at radius 2 is 1.83 bits per heavy atom. The molecule has 1 atom stereocenters. The minimum atomic E-state index is -1.24. The molecule has 0 spiro atoms. The van der Waals surface area contributed by atoms with Gasteiger partial charge in [0, 0.05) is 26.1 Å². The topological polar surface area (TPSA) is 41.5 Å².